The molecule has 0 spiro atoms. The van der Waals surface area contributed by atoms with Crippen molar-refractivity contribution in [2.45, 2.75) is 45.6 Å². The molecule has 2 nitrogen and oxygen atoms in total. The van der Waals surface area contributed by atoms with Crippen LogP contribution in [0.1, 0.15) is 39.5 Å². The highest BCUT2D eigenvalue weighted by Crippen LogP contribution is 2.30. The number of allylic oxidation sites excluding steroid dienone is 1. The van der Waals surface area contributed by atoms with Crippen LogP contribution < -0.4 is 5.32 Å². The number of nitrogens with zero attached hydrogens (tertiary/aromatic N) is 1. The van der Waals surface area contributed by atoms with Crippen LogP contribution in [0.2, 0.25) is 0 Å². The molecule has 0 aliphatic carbocycles. The molecule has 1 rings (SSSR count). The van der Waals surface area contributed by atoms with Crippen molar-refractivity contribution in [1.29, 1.82) is 0 Å². The molecule has 0 aromatic carbocycles. The minimum Gasteiger partial charge on any atom is -0.312 e. The Morgan fingerprint density at radius 2 is 2.25 bits per heavy atom. The van der Waals surface area contributed by atoms with Gasteiger partial charge in [0.15, 0.2) is 0 Å². The van der Waals surface area contributed by atoms with Gasteiger partial charge in [0, 0.05) is 12.6 Å². The predicted molar refractivity (Wildman–Crippen MR) is 71.7 cm³/mol. The van der Waals surface area contributed by atoms with Crippen molar-refractivity contribution in [2.24, 2.45) is 5.41 Å². The monoisotopic (exact) mass is 224 g/mol. The molecule has 16 heavy (non-hydrogen) atoms. The number of likely N-dealkylation sites (N-methyl/N-ethyl adjacent to an activating group) is 1. The van der Waals surface area contributed by atoms with Crippen LogP contribution in [0, 0.1) is 5.41 Å². The lowest BCUT2D eigenvalue weighted by atomic mass is 9.77. The third-order valence-corrected chi connectivity index (χ3v) is 3.77. The highest BCUT2D eigenvalue weighted by Gasteiger charge is 2.32. The zero-order valence-electron chi connectivity index (χ0n) is 11.3. The second-order valence-electron chi connectivity index (χ2n) is 5.79. The first-order valence-corrected chi connectivity index (χ1v) is 6.59. The van der Waals surface area contributed by atoms with Gasteiger partial charge in [-0.25, -0.2) is 0 Å². The van der Waals surface area contributed by atoms with E-state index in [2.05, 4.69) is 37.7 Å². The molecule has 1 N–H and O–H groups in total. The lowest BCUT2D eigenvalue weighted by molar-refractivity contribution is 0.138. The third kappa shape index (κ3) is 4.26. The van der Waals surface area contributed by atoms with Crippen molar-refractivity contribution in [1.82, 2.24) is 10.2 Å². The Morgan fingerprint density at radius 1 is 1.50 bits per heavy atom. The molecule has 0 saturated carbocycles. The quantitative estimate of drug-likeness (QED) is 0.551. The summed E-state index contributed by atoms with van der Waals surface area (Å²) in [5.74, 6) is 0. The molecule has 94 valence electrons. The predicted octanol–water partition coefficient (Wildman–Crippen LogP) is 2.66. The van der Waals surface area contributed by atoms with E-state index in [0.29, 0.717) is 11.5 Å². The molecule has 1 unspecified atom stereocenters. The molecule has 1 atom stereocenters. The normalized spacial score (nSPS) is 24.6. The number of hydrogen-bond donors (Lipinski definition) is 1. The van der Waals surface area contributed by atoms with Gasteiger partial charge < -0.3 is 10.2 Å². The Kier molecular flexibility index (Phi) is 5.50. The Hall–Kier alpha value is -0.340. The van der Waals surface area contributed by atoms with Gasteiger partial charge in [-0.15, -0.1) is 6.58 Å². The maximum absolute atomic E-state index is 3.77. The van der Waals surface area contributed by atoms with E-state index in [4.69, 9.17) is 0 Å². The first kappa shape index (κ1) is 13.7. The molecule has 0 radical (unpaired) electrons. The molecule has 0 aromatic rings. The standard InChI is InChI=1S/C14H28N2/c1-5-6-7-11-16(4)12-13-14(2,3)9-8-10-15-13/h5,13,15H,1,6-12H2,2-4H3. The lowest BCUT2D eigenvalue weighted by Gasteiger charge is -2.41. The molecule has 2 heteroatoms. The minimum absolute atomic E-state index is 0.449. The van der Waals surface area contributed by atoms with Crippen LogP contribution in [0.5, 0.6) is 0 Å². The van der Waals surface area contributed by atoms with Crippen molar-refractivity contribution in [2.75, 3.05) is 26.7 Å². The fourth-order valence-electron chi connectivity index (χ4n) is 2.49. The number of nitrogens with one attached hydrogen (secondary N) is 1. The van der Waals surface area contributed by atoms with Crippen LogP contribution in [0.25, 0.3) is 0 Å². The van der Waals surface area contributed by atoms with Crippen molar-refractivity contribution < 1.29 is 0 Å². The smallest absolute Gasteiger partial charge is 0.0245 e. The molecule has 0 aromatic heterocycles. The highest BCUT2D eigenvalue weighted by atomic mass is 15.1. The van der Waals surface area contributed by atoms with Gasteiger partial charge in [-0.05, 0) is 51.2 Å². The third-order valence-electron chi connectivity index (χ3n) is 3.77. The zero-order chi connectivity index (χ0) is 12.0. The van der Waals surface area contributed by atoms with Crippen LogP contribution in [0.4, 0.5) is 0 Å². The summed E-state index contributed by atoms with van der Waals surface area (Å²) in [5.41, 5.74) is 0.449. The van der Waals surface area contributed by atoms with E-state index in [1.807, 2.05) is 6.08 Å². The van der Waals surface area contributed by atoms with Gasteiger partial charge in [0.05, 0.1) is 0 Å². The number of hydrogen-bond acceptors (Lipinski definition) is 2. The zero-order valence-corrected chi connectivity index (χ0v) is 11.3. The Balaban J connectivity index is 2.31. The van der Waals surface area contributed by atoms with Crippen LogP contribution >= 0.6 is 0 Å². The van der Waals surface area contributed by atoms with Gasteiger partial charge in [-0.3, -0.25) is 0 Å². The lowest BCUT2D eigenvalue weighted by Crippen LogP contribution is -2.52. The first-order valence-electron chi connectivity index (χ1n) is 6.59. The Bertz CT molecular complexity index is 211. The molecule has 1 heterocycles. The molecular weight excluding hydrogens is 196 g/mol. The van der Waals surface area contributed by atoms with Gasteiger partial charge >= 0.3 is 0 Å². The van der Waals surface area contributed by atoms with E-state index in [-0.39, 0.29) is 0 Å². The molecule has 0 amide bonds. The summed E-state index contributed by atoms with van der Waals surface area (Å²) in [5, 5.41) is 3.67. The van der Waals surface area contributed by atoms with E-state index in [1.165, 1.54) is 38.9 Å². The fraction of sp³-hybridized carbons (Fsp3) is 0.857. The fourth-order valence-corrected chi connectivity index (χ4v) is 2.49. The molecular formula is C14H28N2. The maximum atomic E-state index is 3.77. The molecule has 1 aliphatic heterocycles. The molecule has 1 fully saturated rings. The van der Waals surface area contributed by atoms with Crippen molar-refractivity contribution in [3.05, 3.63) is 12.7 Å². The van der Waals surface area contributed by atoms with Crippen molar-refractivity contribution >= 4 is 0 Å². The summed E-state index contributed by atoms with van der Waals surface area (Å²) < 4.78 is 0. The van der Waals surface area contributed by atoms with Crippen LogP contribution in [0.15, 0.2) is 12.7 Å². The number of unbranched alkanes of at least 4 members (excludes halogenated alkanes) is 1. The Morgan fingerprint density at radius 3 is 2.88 bits per heavy atom. The number of piperidine rings is 1. The largest absolute Gasteiger partial charge is 0.312 e. The molecule has 1 saturated heterocycles. The maximum Gasteiger partial charge on any atom is 0.0245 e. The Labute approximate surface area is 101 Å². The van der Waals surface area contributed by atoms with E-state index in [0.717, 1.165) is 6.42 Å². The van der Waals surface area contributed by atoms with Gasteiger partial charge in [-0.1, -0.05) is 19.9 Å². The van der Waals surface area contributed by atoms with Crippen LogP contribution in [-0.4, -0.2) is 37.6 Å². The highest BCUT2D eigenvalue weighted by molar-refractivity contribution is 4.89. The average molecular weight is 224 g/mol. The van der Waals surface area contributed by atoms with Crippen molar-refractivity contribution in [3.8, 4) is 0 Å². The summed E-state index contributed by atoms with van der Waals surface area (Å²) in [4.78, 5) is 2.45. The summed E-state index contributed by atoms with van der Waals surface area (Å²) in [6.07, 6.45) is 7.05. The van der Waals surface area contributed by atoms with Crippen LogP contribution in [-0.2, 0) is 0 Å². The van der Waals surface area contributed by atoms with Gasteiger partial charge in [0.25, 0.3) is 0 Å². The van der Waals surface area contributed by atoms with E-state index in [1.54, 1.807) is 0 Å². The summed E-state index contributed by atoms with van der Waals surface area (Å²) in [6.45, 7) is 12.1. The van der Waals surface area contributed by atoms with Crippen LogP contribution in [0.3, 0.4) is 0 Å². The summed E-state index contributed by atoms with van der Waals surface area (Å²) in [7, 11) is 2.23. The second kappa shape index (κ2) is 6.41. The van der Waals surface area contributed by atoms with Crippen molar-refractivity contribution in [3.63, 3.8) is 0 Å². The molecule has 0 bridgehead atoms. The summed E-state index contributed by atoms with van der Waals surface area (Å²) >= 11 is 0. The van der Waals surface area contributed by atoms with Gasteiger partial charge in [0.2, 0.25) is 0 Å². The molecule has 1 aliphatic rings. The van der Waals surface area contributed by atoms with Gasteiger partial charge in [0.1, 0.15) is 0 Å². The van der Waals surface area contributed by atoms with E-state index >= 15 is 0 Å². The SMILES string of the molecule is C=CCCCN(C)CC1NCCCC1(C)C. The summed E-state index contributed by atoms with van der Waals surface area (Å²) in [6, 6.07) is 0.648. The topological polar surface area (TPSA) is 15.3 Å². The number of rotatable bonds is 6. The first-order chi connectivity index (χ1) is 7.56. The average Bonchev–Trinajstić information content (AvgIpc) is 2.21. The van der Waals surface area contributed by atoms with Gasteiger partial charge in [-0.2, -0.15) is 0 Å². The second-order valence-corrected chi connectivity index (χ2v) is 5.79. The minimum atomic E-state index is 0.449. The van der Waals surface area contributed by atoms with E-state index < -0.39 is 0 Å². The van der Waals surface area contributed by atoms with E-state index in [9.17, 15) is 0 Å².